The molecule has 0 saturated carbocycles. The number of amides is 1. The molecule has 1 atom stereocenters. The molecule has 21 heavy (non-hydrogen) atoms. The number of hydrogen-bond acceptors (Lipinski definition) is 7. The highest BCUT2D eigenvalue weighted by atomic mass is 16.5. The fraction of sp³-hybridized carbons (Fsp3) is 0.417. The van der Waals surface area contributed by atoms with E-state index in [1.54, 1.807) is 13.0 Å². The van der Waals surface area contributed by atoms with Crippen LogP contribution in [0, 0.1) is 13.8 Å². The van der Waals surface area contributed by atoms with Crippen LogP contribution < -0.4 is 5.32 Å². The van der Waals surface area contributed by atoms with Gasteiger partial charge in [-0.05, 0) is 19.9 Å². The lowest BCUT2D eigenvalue weighted by Crippen LogP contribution is -2.44. The van der Waals surface area contributed by atoms with Gasteiger partial charge in [-0.3, -0.25) is 4.79 Å². The Hall–Kier alpha value is -2.55. The van der Waals surface area contributed by atoms with Gasteiger partial charge in [-0.2, -0.15) is 4.98 Å². The average Bonchev–Trinajstić information content (AvgIpc) is 2.87. The van der Waals surface area contributed by atoms with E-state index in [0.29, 0.717) is 0 Å². The van der Waals surface area contributed by atoms with E-state index < -0.39 is 24.5 Å². The van der Waals surface area contributed by atoms with Gasteiger partial charge in [0.25, 0.3) is 11.7 Å². The van der Waals surface area contributed by atoms with E-state index in [2.05, 4.69) is 25.1 Å². The van der Waals surface area contributed by atoms with Gasteiger partial charge in [0.15, 0.2) is 6.04 Å². The third-order valence-corrected chi connectivity index (χ3v) is 2.79. The van der Waals surface area contributed by atoms with Crippen LogP contribution in [0.25, 0.3) is 5.78 Å². The molecule has 0 saturated heterocycles. The highest BCUT2D eigenvalue weighted by molar-refractivity contribution is 5.94. The van der Waals surface area contributed by atoms with Crippen molar-refractivity contribution in [2.75, 3.05) is 13.7 Å². The van der Waals surface area contributed by atoms with Crippen LogP contribution in [0.15, 0.2) is 6.07 Å². The first-order valence-electron chi connectivity index (χ1n) is 6.17. The number of aromatic nitrogens is 4. The summed E-state index contributed by atoms with van der Waals surface area (Å²) in [4.78, 5) is 31.5. The second-order valence-corrected chi connectivity index (χ2v) is 4.42. The second-order valence-electron chi connectivity index (χ2n) is 4.42. The second kappa shape index (κ2) is 5.83. The molecule has 0 radical (unpaired) electrons. The molecule has 2 heterocycles. The largest absolute Gasteiger partial charge is 0.467 e. The molecule has 1 amide bonds. The summed E-state index contributed by atoms with van der Waals surface area (Å²) in [7, 11) is 1.16. The molecular formula is C12H15N5O4. The van der Waals surface area contributed by atoms with Gasteiger partial charge < -0.3 is 15.2 Å². The number of carbonyl (C=O) groups excluding carboxylic acids is 2. The van der Waals surface area contributed by atoms with E-state index in [9.17, 15) is 9.59 Å². The normalized spacial score (nSPS) is 12.2. The highest BCUT2D eigenvalue weighted by Crippen LogP contribution is 2.05. The van der Waals surface area contributed by atoms with Gasteiger partial charge in [0.1, 0.15) is 0 Å². The topological polar surface area (TPSA) is 119 Å². The summed E-state index contributed by atoms with van der Waals surface area (Å²) < 4.78 is 5.89. The number of aryl methyl sites for hydroxylation is 2. The summed E-state index contributed by atoms with van der Waals surface area (Å²) >= 11 is 0. The number of ether oxygens (including phenoxy) is 1. The van der Waals surface area contributed by atoms with Gasteiger partial charge in [0.05, 0.1) is 13.7 Å². The lowest BCUT2D eigenvalue weighted by Gasteiger charge is -2.11. The predicted octanol–water partition coefficient (Wildman–Crippen LogP) is -0.995. The summed E-state index contributed by atoms with van der Waals surface area (Å²) in [5, 5.41) is 15.4. The zero-order valence-corrected chi connectivity index (χ0v) is 11.8. The molecule has 9 nitrogen and oxygen atoms in total. The SMILES string of the molecule is COC(=O)C(CO)NC(=O)c1nc2nc(C)cc(C)n2n1. The van der Waals surface area contributed by atoms with Gasteiger partial charge in [-0.15, -0.1) is 5.10 Å². The predicted molar refractivity (Wildman–Crippen MR) is 70.6 cm³/mol. The van der Waals surface area contributed by atoms with Crippen LogP contribution in [-0.2, 0) is 9.53 Å². The zero-order chi connectivity index (χ0) is 15.6. The Kier molecular flexibility index (Phi) is 4.13. The fourth-order valence-corrected chi connectivity index (χ4v) is 1.81. The third-order valence-electron chi connectivity index (χ3n) is 2.79. The van der Waals surface area contributed by atoms with Crippen molar-refractivity contribution >= 4 is 17.7 Å². The van der Waals surface area contributed by atoms with Crippen molar-refractivity contribution in [3.05, 3.63) is 23.3 Å². The number of aliphatic hydroxyl groups excluding tert-OH is 1. The first-order chi connectivity index (χ1) is 9.96. The number of aliphatic hydroxyl groups is 1. The van der Waals surface area contributed by atoms with Crippen molar-refractivity contribution in [3.8, 4) is 0 Å². The lowest BCUT2D eigenvalue weighted by molar-refractivity contribution is -0.143. The maximum Gasteiger partial charge on any atom is 0.330 e. The molecule has 0 bridgehead atoms. The zero-order valence-electron chi connectivity index (χ0n) is 11.8. The number of hydrogen-bond donors (Lipinski definition) is 2. The van der Waals surface area contributed by atoms with Crippen LogP contribution in [0.1, 0.15) is 22.0 Å². The Labute approximate surface area is 120 Å². The Bertz CT molecular complexity index is 696. The van der Waals surface area contributed by atoms with Crippen molar-refractivity contribution in [3.63, 3.8) is 0 Å². The standard InChI is InChI=1S/C12H15N5O4/c1-6-4-7(2)17-12(13-6)15-9(16-17)10(19)14-8(5-18)11(20)21-3/h4,8,18H,5H2,1-3H3,(H,14,19). The van der Waals surface area contributed by atoms with Gasteiger partial charge in [0, 0.05) is 11.4 Å². The lowest BCUT2D eigenvalue weighted by atomic mass is 10.3. The summed E-state index contributed by atoms with van der Waals surface area (Å²) in [6, 6.07) is 0.638. The van der Waals surface area contributed by atoms with Gasteiger partial charge in [0.2, 0.25) is 5.82 Å². The smallest absolute Gasteiger partial charge is 0.330 e. The van der Waals surface area contributed by atoms with E-state index >= 15 is 0 Å². The quantitative estimate of drug-likeness (QED) is 0.694. The number of nitrogens with zero attached hydrogens (tertiary/aromatic N) is 4. The molecule has 1 unspecified atom stereocenters. The van der Waals surface area contributed by atoms with Gasteiger partial charge in [-0.25, -0.2) is 14.3 Å². The molecule has 2 aromatic heterocycles. The maximum absolute atomic E-state index is 12.0. The molecule has 0 aliphatic heterocycles. The number of esters is 1. The van der Waals surface area contributed by atoms with E-state index in [1.165, 1.54) is 4.52 Å². The molecular weight excluding hydrogens is 278 g/mol. The highest BCUT2D eigenvalue weighted by Gasteiger charge is 2.23. The van der Waals surface area contributed by atoms with Crippen molar-refractivity contribution in [2.45, 2.75) is 19.9 Å². The van der Waals surface area contributed by atoms with Gasteiger partial charge >= 0.3 is 5.97 Å². The molecule has 0 spiro atoms. The molecule has 2 aromatic rings. The Morgan fingerprint density at radius 2 is 2.14 bits per heavy atom. The van der Waals surface area contributed by atoms with Crippen LogP contribution in [0.5, 0.6) is 0 Å². The number of carbonyl (C=O) groups is 2. The molecule has 2 rings (SSSR count). The van der Waals surface area contributed by atoms with E-state index in [0.717, 1.165) is 18.5 Å². The molecule has 112 valence electrons. The van der Waals surface area contributed by atoms with Crippen LogP contribution in [0.2, 0.25) is 0 Å². The first-order valence-corrected chi connectivity index (χ1v) is 6.17. The third kappa shape index (κ3) is 2.97. The van der Waals surface area contributed by atoms with Crippen LogP contribution in [-0.4, -0.2) is 56.3 Å². The van der Waals surface area contributed by atoms with Crippen LogP contribution >= 0.6 is 0 Å². The van der Waals surface area contributed by atoms with Crippen LogP contribution in [0.3, 0.4) is 0 Å². The Balaban J connectivity index is 2.27. The van der Waals surface area contributed by atoms with E-state index in [4.69, 9.17) is 5.11 Å². The summed E-state index contributed by atoms with van der Waals surface area (Å²) in [6.45, 7) is 3.03. The molecule has 2 N–H and O–H groups in total. The minimum atomic E-state index is -1.16. The number of nitrogens with one attached hydrogen (secondary N) is 1. The van der Waals surface area contributed by atoms with E-state index in [-0.39, 0.29) is 11.6 Å². The van der Waals surface area contributed by atoms with Crippen LogP contribution in [0.4, 0.5) is 0 Å². The van der Waals surface area contributed by atoms with Crippen molar-refractivity contribution in [1.82, 2.24) is 24.9 Å². The molecule has 0 aliphatic carbocycles. The van der Waals surface area contributed by atoms with Crippen molar-refractivity contribution in [2.24, 2.45) is 0 Å². The molecule has 0 aliphatic rings. The summed E-state index contributed by atoms with van der Waals surface area (Å²) in [5.74, 6) is -1.29. The molecule has 0 fully saturated rings. The Morgan fingerprint density at radius 3 is 2.76 bits per heavy atom. The van der Waals surface area contributed by atoms with Crippen molar-refractivity contribution in [1.29, 1.82) is 0 Å². The maximum atomic E-state index is 12.0. The summed E-state index contributed by atoms with van der Waals surface area (Å²) in [6.07, 6.45) is 0. The minimum absolute atomic E-state index is 0.140. The number of fused-ring (bicyclic) bond motifs is 1. The number of methoxy groups -OCH3 is 1. The van der Waals surface area contributed by atoms with Gasteiger partial charge in [-0.1, -0.05) is 0 Å². The van der Waals surface area contributed by atoms with E-state index in [1.807, 2.05) is 6.92 Å². The molecule has 9 heteroatoms. The first kappa shape index (κ1) is 14.9. The number of rotatable bonds is 4. The van der Waals surface area contributed by atoms with Crippen molar-refractivity contribution < 1.29 is 19.4 Å². The monoisotopic (exact) mass is 293 g/mol. The Morgan fingerprint density at radius 1 is 1.43 bits per heavy atom. The average molecular weight is 293 g/mol. The fourth-order valence-electron chi connectivity index (χ4n) is 1.81. The molecule has 0 aromatic carbocycles. The minimum Gasteiger partial charge on any atom is -0.467 e. The summed E-state index contributed by atoms with van der Waals surface area (Å²) in [5.41, 5.74) is 1.53.